The zero-order valence-corrected chi connectivity index (χ0v) is 7.79. The van der Waals surface area contributed by atoms with Crippen LogP contribution in [0.25, 0.3) is 0 Å². The van der Waals surface area contributed by atoms with Gasteiger partial charge in [-0.3, -0.25) is 4.79 Å². The summed E-state index contributed by atoms with van der Waals surface area (Å²) in [5.41, 5.74) is 5.68. The standard InChI is InChI=1S/C8H18N2O/c1-5-6(2)7(9)8(11)10(3)4/h6-7H,5,9H2,1-4H3/t6-,7+/m0/s1. The highest BCUT2D eigenvalue weighted by molar-refractivity contribution is 5.81. The van der Waals surface area contributed by atoms with Crippen molar-refractivity contribution < 1.29 is 4.79 Å². The summed E-state index contributed by atoms with van der Waals surface area (Å²) in [6.45, 7) is 4.03. The predicted octanol–water partition coefficient (Wildman–Crippen LogP) is 0.448. The predicted molar refractivity (Wildman–Crippen MR) is 46.1 cm³/mol. The van der Waals surface area contributed by atoms with Gasteiger partial charge in [-0.25, -0.2) is 0 Å². The van der Waals surface area contributed by atoms with Gasteiger partial charge in [0.2, 0.25) is 5.91 Å². The molecule has 0 saturated carbocycles. The van der Waals surface area contributed by atoms with E-state index in [4.69, 9.17) is 5.73 Å². The molecule has 0 saturated heterocycles. The maximum atomic E-state index is 11.2. The number of carbonyl (C=O) groups is 1. The molecule has 66 valence electrons. The molecular weight excluding hydrogens is 140 g/mol. The molecule has 0 aliphatic carbocycles. The first kappa shape index (κ1) is 10.4. The molecule has 1 amide bonds. The van der Waals surface area contributed by atoms with Crippen LogP contribution in [0, 0.1) is 5.92 Å². The zero-order chi connectivity index (χ0) is 9.02. The number of hydrogen-bond acceptors (Lipinski definition) is 2. The molecule has 0 fully saturated rings. The van der Waals surface area contributed by atoms with Gasteiger partial charge in [-0.2, -0.15) is 0 Å². The molecule has 0 aromatic carbocycles. The van der Waals surface area contributed by atoms with Crippen LogP contribution in [0.2, 0.25) is 0 Å². The fraction of sp³-hybridized carbons (Fsp3) is 0.875. The summed E-state index contributed by atoms with van der Waals surface area (Å²) in [6, 6.07) is -0.338. The Balaban J connectivity index is 4.02. The van der Waals surface area contributed by atoms with Crippen LogP contribution >= 0.6 is 0 Å². The van der Waals surface area contributed by atoms with Crippen molar-refractivity contribution >= 4 is 5.91 Å². The van der Waals surface area contributed by atoms with E-state index < -0.39 is 0 Å². The third-order valence-electron chi connectivity index (χ3n) is 1.98. The third-order valence-corrected chi connectivity index (χ3v) is 1.98. The number of amides is 1. The Bertz CT molecular complexity index is 134. The Kier molecular flexibility index (Phi) is 4.11. The first-order chi connectivity index (χ1) is 5.00. The molecule has 2 N–H and O–H groups in total. The van der Waals surface area contributed by atoms with Crippen molar-refractivity contribution in [1.29, 1.82) is 0 Å². The van der Waals surface area contributed by atoms with Crippen LogP contribution in [-0.2, 0) is 4.79 Å². The van der Waals surface area contributed by atoms with E-state index in [1.807, 2.05) is 13.8 Å². The quantitative estimate of drug-likeness (QED) is 0.648. The minimum Gasteiger partial charge on any atom is -0.347 e. The van der Waals surface area contributed by atoms with Crippen molar-refractivity contribution in [2.75, 3.05) is 14.1 Å². The first-order valence-electron chi connectivity index (χ1n) is 3.97. The Morgan fingerprint density at radius 3 is 2.27 bits per heavy atom. The van der Waals surface area contributed by atoms with Gasteiger partial charge in [-0.05, 0) is 5.92 Å². The Hall–Kier alpha value is -0.570. The minimum atomic E-state index is -0.338. The molecule has 0 aliphatic rings. The Labute approximate surface area is 68.6 Å². The van der Waals surface area contributed by atoms with Gasteiger partial charge in [0.15, 0.2) is 0 Å². The second-order valence-corrected chi connectivity index (χ2v) is 3.14. The number of hydrogen-bond donors (Lipinski definition) is 1. The fourth-order valence-electron chi connectivity index (χ4n) is 0.795. The first-order valence-corrected chi connectivity index (χ1v) is 3.97. The number of nitrogens with two attached hydrogens (primary N) is 1. The summed E-state index contributed by atoms with van der Waals surface area (Å²) in [7, 11) is 3.45. The lowest BCUT2D eigenvalue weighted by Gasteiger charge is -2.21. The summed E-state index contributed by atoms with van der Waals surface area (Å²) < 4.78 is 0. The van der Waals surface area contributed by atoms with Crippen molar-refractivity contribution in [1.82, 2.24) is 4.90 Å². The second kappa shape index (κ2) is 4.34. The lowest BCUT2D eigenvalue weighted by Crippen LogP contribution is -2.43. The maximum Gasteiger partial charge on any atom is 0.239 e. The van der Waals surface area contributed by atoms with Crippen molar-refractivity contribution in [2.24, 2.45) is 11.7 Å². The number of likely N-dealkylation sites (N-methyl/N-ethyl adjacent to an activating group) is 1. The highest BCUT2D eigenvalue weighted by atomic mass is 16.2. The third kappa shape index (κ3) is 2.89. The molecule has 0 rings (SSSR count). The largest absolute Gasteiger partial charge is 0.347 e. The van der Waals surface area contributed by atoms with E-state index in [-0.39, 0.29) is 17.9 Å². The van der Waals surface area contributed by atoms with E-state index in [2.05, 4.69) is 0 Å². The molecular formula is C8H18N2O. The Morgan fingerprint density at radius 2 is 2.00 bits per heavy atom. The van der Waals surface area contributed by atoms with E-state index >= 15 is 0 Å². The number of rotatable bonds is 3. The zero-order valence-electron chi connectivity index (χ0n) is 7.79. The molecule has 2 atom stereocenters. The number of carbonyl (C=O) groups excluding carboxylic acids is 1. The fourth-order valence-corrected chi connectivity index (χ4v) is 0.795. The van der Waals surface area contributed by atoms with Gasteiger partial charge < -0.3 is 10.6 Å². The van der Waals surface area contributed by atoms with E-state index in [0.717, 1.165) is 6.42 Å². The molecule has 0 spiro atoms. The molecule has 3 nitrogen and oxygen atoms in total. The van der Waals surface area contributed by atoms with Gasteiger partial charge in [0.1, 0.15) is 0 Å². The van der Waals surface area contributed by atoms with Gasteiger partial charge in [0.05, 0.1) is 6.04 Å². The summed E-state index contributed by atoms with van der Waals surface area (Å²) in [4.78, 5) is 12.8. The Morgan fingerprint density at radius 1 is 1.55 bits per heavy atom. The van der Waals surface area contributed by atoms with Crippen LogP contribution in [-0.4, -0.2) is 30.9 Å². The van der Waals surface area contributed by atoms with Crippen molar-refractivity contribution in [3.63, 3.8) is 0 Å². The van der Waals surface area contributed by atoms with Crippen LogP contribution < -0.4 is 5.73 Å². The molecule has 0 aromatic heterocycles. The van der Waals surface area contributed by atoms with E-state index in [1.165, 1.54) is 4.90 Å². The van der Waals surface area contributed by atoms with Crippen LogP contribution in [0.15, 0.2) is 0 Å². The van der Waals surface area contributed by atoms with Gasteiger partial charge in [0.25, 0.3) is 0 Å². The molecule has 0 bridgehead atoms. The number of nitrogens with zero attached hydrogens (tertiary/aromatic N) is 1. The van der Waals surface area contributed by atoms with Crippen LogP contribution in [0.1, 0.15) is 20.3 Å². The highest BCUT2D eigenvalue weighted by Crippen LogP contribution is 2.06. The summed E-state index contributed by atoms with van der Waals surface area (Å²) in [6.07, 6.45) is 0.945. The second-order valence-electron chi connectivity index (χ2n) is 3.14. The van der Waals surface area contributed by atoms with E-state index in [9.17, 15) is 4.79 Å². The summed E-state index contributed by atoms with van der Waals surface area (Å²) in [5, 5.41) is 0. The smallest absolute Gasteiger partial charge is 0.239 e. The molecule has 0 unspecified atom stereocenters. The average molecular weight is 158 g/mol. The summed E-state index contributed by atoms with van der Waals surface area (Å²) >= 11 is 0. The molecule has 0 aliphatic heterocycles. The normalized spacial score (nSPS) is 15.7. The van der Waals surface area contributed by atoms with Crippen molar-refractivity contribution in [3.8, 4) is 0 Å². The van der Waals surface area contributed by atoms with Gasteiger partial charge in [0, 0.05) is 14.1 Å². The van der Waals surface area contributed by atoms with Crippen molar-refractivity contribution in [3.05, 3.63) is 0 Å². The lowest BCUT2D eigenvalue weighted by atomic mass is 9.99. The summed E-state index contributed by atoms with van der Waals surface area (Å²) in [5.74, 6) is 0.282. The topological polar surface area (TPSA) is 46.3 Å². The average Bonchev–Trinajstić information content (AvgIpc) is 2.00. The van der Waals surface area contributed by atoms with Crippen LogP contribution in [0.3, 0.4) is 0 Å². The minimum absolute atomic E-state index is 0.0133. The highest BCUT2D eigenvalue weighted by Gasteiger charge is 2.20. The molecule has 0 heterocycles. The van der Waals surface area contributed by atoms with Crippen LogP contribution in [0.4, 0.5) is 0 Å². The SMILES string of the molecule is CC[C@H](C)[C@@H](N)C(=O)N(C)C. The van der Waals surface area contributed by atoms with Gasteiger partial charge >= 0.3 is 0 Å². The van der Waals surface area contributed by atoms with E-state index in [1.54, 1.807) is 14.1 Å². The van der Waals surface area contributed by atoms with Crippen LogP contribution in [0.5, 0.6) is 0 Å². The van der Waals surface area contributed by atoms with E-state index in [0.29, 0.717) is 0 Å². The molecule has 0 aromatic rings. The monoisotopic (exact) mass is 158 g/mol. The molecule has 0 radical (unpaired) electrons. The maximum absolute atomic E-state index is 11.2. The van der Waals surface area contributed by atoms with Crippen molar-refractivity contribution in [2.45, 2.75) is 26.3 Å². The molecule has 11 heavy (non-hydrogen) atoms. The molecule has 3 heteroatoms. The lowest BCUT2D eigenvalue weighted by molar-refractivity contribution is -0.131. The van der Waals surface area contributed by atoms with Gasteiger partial charge in [-0.1, -0.05) is 20.3 Å². The van der Waals surface area contributed by atoms with Gasteiger partial charge in [-0.15, -0.1) is 0 Å².